The van der Waals surface area contributed by atoms with Crippen molar-refractivity contribution in [3.8, 4) is 40.1 Å². The Morgan fingerprint density at radius 1 is 0.674 bits per heavy atom. The molecule has 0 amide bonds. The van der Waals surface area contributed by atoms with Crippen LogP contribution in [0.15, 0.2) is 40.8 Å². The van der Waals surface area contributed by atoms with Crippen molar-refractivity contribution >= 4 is 11.0 Å². The molecule has 0 spiro atoms. The number of fused-ring (bicyclic) bond motifs is 1. The van der Waals surface area contributed by atoms with Gasteiger partial charge in [-0.2, -0.15) is 0 Å². The number of benzene rings is 2. The van der Waals surface area contributed by atoms with Crippen LogP contribution in [0.5, 0.6) is 28.7 Å². The molecule has 3 aromatic rings. The van der Waals surface area contributed by atoms with E-state index in [1.165, 1.54) is 18.2 Å². The highest BCUT2D eigenvalue weighted by molar-refractivity contribution is 5.88. The minimum Gasteiger partial charge on any atom is -0.507 e. The van der Waals surface area contributed by atoms with Gasteiger partial charge in [-0.1, -0.05) is 0 Å². The van der Waals surface area contributed by atoms with Gasteiger partial charge in [-0.3, -0.25) is 0 Å². The van der Waals surface area contributed by atoms with Crippen LogP contribution in [0.1, 0.15) is 0 Å². The first kappa shape index (κ1) is 30.9. The second-order valence-electron chi connectivity index (χ2n) is 10.1. The summed E-state index contributed by atoms with van der Waals surface area (Å²) >= 11 is 0. The molecule has 2 aliphatic rings. The number of aliphatic hydroxyl groups excluding tert-OH is 7. The molecule has 0 aliphatic carbocycles. The molecule has 3 heterocycles. The predicted molar refractivity (Wildman–Crippen MR) is 140 cm³/mol. The van der Waals surface area contributed by atoms with Gasteiger partial charge in [-0.05, 0) is 12.1 Å². The Labute approximate surface area is 242 Å². The topological polar surface area (TPSA) is 271 Å². The first-order chi connectivity index (χ1) is 20.4. The van der Waals surface area contributed by atoms with Crippen LogP contribution in [0, 0.1) is 0 Å². The summed E-state index contributed by atoms with van der Waals surface area (Å²) in [7, 11) is 0. The Balaban J connectivity index is 1.51. The number of ether oxygens (including phenoxy) is 4. The van der Waals surface area contributed by atoms with E-state index in [1.54, 1.807) is 0 Å². The first-order valence-corrected chi connectivity index (χ1v) is 13.0. The van der Waals surface area contributed by atoms with Crippen molar-refractivity contribution in [1.29, 1.82) is 0 Å². The van der Waals surface area contributed by atoms with E-state index in [2.05, 4.69) is 0 Å². The summed E-state index contributed by atoms with van der Waals surface area (Å²) in [4.78, 5) is 0. The summed E-state index contributed by atoms with van der Waals surface area (Å²) in [6.45, 7) is -1.57. The summed E-state index contributed by atoms with van der Waals surface area (Å²) in [5.41, 5.74) is 0.109. The van der Waals surface area contributed by atoms with Gasteiger partial charge < -0.3 is 75.1 Å². The van der Waals surface area contributed by atoms with Gasteiger partial charge in [0.05, 0.1) is 24.8 Å². The number of rotatable bonds is 7. The van der Waals surface area contributed by atoms with Crippen LogP contribution in [0.3, 0.4) is 0 Å². The normalized spacial score (nSPS) is 33.0. The maximum absolute atomic E-state index is 11.2. The quantitative estimate of drug-likeness (QED) is 0.104. The zero-order valence-electron chi connectivity index (χ0n) is 22.1. The van der Waals surface area contributed by atoms with Gasteiger partial charge in [0.1, 0.15) is 65.7 Å². The first-order valence-electron chi connectivity index (χ1n) is 13.0. The smallest absolute Gasteiger partial charge is 0.402 e. The third-order valence-electron chi connectivity index (χ3n) is 7.26. The zero-order valence-corrected chi connectivity index (χ0v) is 22.1. The molecular formula is C27H31O16+. The van der Waals surface area contributed by atoms with E-state index in [1.807, 2.05) is 0 Å². The minimum atomic E-state index is -1.89. The standard InChI is InChI=1S/C27H30O16/c28-7-17-19(34)21(36)22(37)26(41-17)43-25-20(35)18(8-29)42-27(23(25)38)40-16-6-11-13(32)4-10(30)5-15(11)39-24(16)9-1-2-12(31)14(33)3-9/h1-6,17-23,25-29,34-38H,7-8H2,(H3-,30,31,32,33)/p+1. The molecule has 234 valence electrons. The van der Waals surface area contributed by atoms with Crippen molar-refractivity contribution in [1.82, 2.24) is 0 Å². The summed E-state index contributed by atoms with van der Waals surface area (Å²) in [5, 5.41) is 112. The lowest BCUT2D eigenvalue weighted by Crippen LogP contribution is -2.65. The molecule has 43 heavy (non-hydrogen) atoms. The summed E-state index contributed by atoms with van der Waals surface area (Å²) in [5.74, 6) is -2.07. The number of aromatic hydroxyl groups is 4. The Kier molecular flexibility index (Phi) is 8.77. The van der Waals surface area contributed by atoms with E-state index in [4.69, 9.17) is 23.4 Å². The largest absolute Gasteiger partial charge is 0.507 e. The number of hydrogen-bond acceptors (Lipinski definition) is 15. The van der Waals surface area contributed by atoms with Gasteiger partial charge in [0.25, 0.3) is 0 Å². The molecule has 0 saturated carbocycles. The predicted octanol–water partition coefficient (Wildman–Crippen LogP) is -1.79. The molecule has 11 N–H and O–H groups in total. The Morgan fingerprint density at radius 3 is 2.02 bits per heavy atom. The summed E-state index contributed by atoms with van der Waals surface area (Å²) in [6.07, 6.45) is -17.0. The van der Waals surface area contributed by atoms with Gasteiger partial charge in [0.15, 0.2) is 17.8 Å². The maximum atomic E-state index is 11.2. The van der Waals surface area contributed by atoms with E-state index >= 15 is 0 Å². The average molecular weight is 612 g/mol. The summed E-state index contributed by atoms with van der Waals surface area (Å²) < 4.78 is 28.2. The fraction of sp³-hybridized carbons (Fsp3) is 0.444. The van der Waals surface area contributed by atoms with Crippen molar-refractivity contribution in [3.05, 3.63) is 36.4 Å². The number of phenols is 4. The molecule has 5 rings (SSSR count). The lowest BCUT2D eigenvalue weighted by molar-refractivity contribution is -0.352. The minimum absolute atomic E-state index is 0.0231. The highest BCUT2D eigenvalue weighted by atomic mass is 16.7. The van der Waals surface area contributed by atoms with E-state index < -0.39 is 91.9 Å². The molecule has 2 saturated heterocycles. The summed E-state index contributed by atoms with van der Waals surface area (Å²) in [6, 6.07) is 7.11. The number of aliphatic hydroxyl groups is 7. The van der Waals surface area contributed by atoms with Crippen molar-refractivity contribution in [2.75, 3.05) is 13.2 Å². The average Bonchev–Trinajstić information content (AvgIpc) is 2.97. The molecule has 0 radical (unpaired) electrons. The molecule has 16 nitrogen and oxygen atoms in total. The third kappa shape index (κ3) is 5.85. The molecule has 10 atom stereocenters. The van der Waals surface area contributed by atoms with Crippen LogP contribution in [-0.2, 0) is 14.2 Å². The van der Waals surface area contributed by atoms with Crippen LogP contribution < -0.4 is 4.74 Å². The van der Waals surface area contributed by atoms with Crippen LogP contribution in [0.25, 0.3) is 22.3 Å². The monoisotopic (exact) mass is 611 g/mol. The van der Waals surface area contributed by atoms with Gasteiger partial charge in [-0.25, -0.2) is 4.42 Å². The number of hydrogen-bond donors (Lipinski definition) is 11. The second kappa shape index (κ2) is 12.2. The van der Waals surface area contributed by atoms with Gasteiger partial charge in [-0.15, -0.1) is 0 Å². The molecule has 2 aromatic carbocycles. The van der Waals surface area contributed by atoms with Crippen molar-refractivity contribution in [2.24, 2.45) is 0 Å². The zero-order chi connectivity index (χ0) is 31.2. The van der Waals surface area contributed by atoms with Crippen molar-refractivity contribution in [3.63, 3.8) is 0 Å². The van der Waals surface area contributed by atoms with Crippen molar-refractivity contribution in [2.45, 2.75) is 61.4 Å². The highest BCUT2D eigenvalue weighted by Gasteiger charge is 2.51. The molecule has 2 aliphatic heterocycles. The van der Waals surface area contributed by atoms with Crippen LogP contribution in [0.2, 0.25) is 0 Å². The Hall–Kier alpha value is -3.55. The molecule has 1 aromatic heterocycles. The number of phenolic OH excluding ortho intramolecular Hbond substituents is 4. The fourth-order valence-corrected chi connectivity index (χ4v) is 4.91. The van der Waals surface area contributed by atoms with Gasteiger partial charge in [0.2, 0.25) is 12.0 Å². The molecule has 16 heteroatoms. The van der Waals surface area contributed by atoms with Crippen LogP contribution in [0.4, 0.5) is 0 Å². The van der Waals surface area contributed by atoms with Crippen LogP contribution >= 0.6 is 0 Å². The highest BCUT2D eigenvalue weighted by Crippen LogP contribution is 2.42. The Morgan fingerprint density at radius 2 is 1.35 bits per heavy atom. The van der Waals surface area contributed by atoms with E-state index in [0.717, 1.165) is 18.2 Å². The SMILES string of the molecule is OCC1OC(OC2C(O)C(CO)OC(Oc3cc4c(O)cc(O)cc4[o+]c3-c3ccc(O)c(O)c3)C2O)C(O)C(O)C1O. The fourth-order valence-electron chi connectivity index (χ4n) is 4.91. The Bertz CT molecular complexity index is 1450. The second-order valence-corrected chi connectivity index (χ2v) is 10.1. The van der Waals surface area contributed by atoms with Crippen LogP contribution in [-0.4, -0.2) is 131 Å². The van der Waals surface area contributed by atoms with E-state index in [0.29, 0.717) is 0 Å². The van der Waals surface area contributed by atoms with Gasteiger partial charge in [0, 0.05) is 18.2 Å². The molecule has 2 fully saturated rings. The van der Waals surface area contributed by atoms with E-state index in [-0.39, 0.29) is 33.8 Å². The van der Waals surface area contributed by atoms with Crippen molar-refractivity contribution < 1.29 is 79.5 Å². The molecule has 0 bridgehead atoms. The lowest BCUT2D eigenvalue weighted by Gasteiger charge is -2.45. The lowest BCUT2D eigenvalue weighted by atomic mass is 9.97. The maximum Gasteiger partial charge on any atom is 0.402 e. The molecular weight excluding hydrogens is 580 g/mol. The third-order valence-corrected chi connectivity index (χ3v) is 7.26. The van der Waals surface area contributed by atoms with Gasteiger partial charge >= 0.3 is 11.3 Å². The molecule has 10 unspecified atom stereocenters. The van der Waals surface area contributed by atoms with E-state index in [9.17, 15) is 56.2 Å².